The standard InChI is InChI=1S/C94H52N6S2/c95-53-77-88(98-81-38-18-12-32-66(81)67-33-13-19-39-82(67)98)90(100-84-52-58(76-50-56-24-4-5-27-61(56)62-28-8-9-29-63(62)76)43-45-69(84)73-47-49-75-71-35-15-21-41-86(71)102-94(75)92(73)100)78(54-96)87(97-79-36-16-10-30-64(79)65-31-11-17-37-80(65)97)89(77)99-83-51-57(60-26-7-6-25-59(60)55-22-2-1-3-23-55)42-44-68(83)72-46-48-74-70-34-14-20-40-85(70)101-93(74)91(72)99/h1-52H. The van der Waals surface area contributed by atoms with Crippen molar-refractivity contribution >= 4 is 172 Å². The highest BCUT2D eigenvalue weighted by Crippen LogP contribution is 2.53. The lowest BCUT2D eigenvalue weighted by atomic mass is 9.93. The molecule has 16 aromatic carbocycles. The maximum absolute atomic E-state index is 13.7. The molecule has 0 N–H and O–H groups in total. The molecule has 0 aliphatic heterocycles. The lowest BCUT2D eigenvalue weighted by molar-refractivity contribution is 1.03. The molecule has 0 atom stereocenters. The van der Waals surface area contributed by atoms with Crippen molar-refractivity contribution in [1.29, 1.82) is 10.5 Å². The first-order valence-electron chi connectivity index (χ1n) is 34.4. The van der Waals surface area contributed by atoms with E-state index in [1.165, 1.54) is 10.8 Å². The third kappa shape index (κ3) is 7.79. The molecule has 0 saturated heterocycles. The molecule has 0 saturated carbocycles. The van der Waals surface area contributed by atoms with Crippen LogP contribution in [0.4, 0.5) is 0 Å². The second-order valence-electron chi connectivity index (χ2n) is 26.7. The van der Waals surface area contributed by atoms with Gasteiger partial charge in [-0.1, -0.05) is 261 Å². The van der Waals surface area contributed by atoms with E-state index in [-0.39, 0.29) is 0 Å². The zero-order valence-electron chi connectivity index (χ0n) is 54.5. The highest BCUT2D eigenvalue weighted by atomic mass is 32.1. The molecule has 0 unspecified atom stereocenters. The van der Waals surface area contributed by atoms with Crippen molar-refractivity contribution in [2.45, 2.75) is 0 Å². The summed E-state index contributed by atoms with van der Waals surface area (Å²) in [6.45, 7) is 0. The van der Waals surface area contributed by atoms with Crippen LogP contribution in [-0.2, 0) is 0 Å². The summed E-state index contributed by atoms with van der Waals surface area (Å²) in [6, 6.07) is 120. The number of para-hydroxylation sites is 4. The maximum Gasteiger partial charge on any atom is 0.104 e. The maximum atomic E-state index is 13.7. The third-order valence-electron chi connectivity index (χ3n) is 21.6. The van der Waals surface area contributed by atoms with Gasteiger partial charge in [0.2, 0.25) is 0 Å². The predicted octanol–water partition coefficient (Wildman–Crippen LogP) is 25.9. The summed E-state index contributed by atoms with van der Waals surface area (Å²) in [5.74, 6) is 0. The first kappa shape index (κ1) is 56.7. The summed E-state index contributed by atoms with van der Waals surface area (Å²) >= 11 is 3.56. The van der Waals surface area contributed by atoms with Gasteiger partial charge in [0.05, 0.1) is 76.3 Å². The summed E-state index contributed by atoms with van der Waals surface area (Å²) in [5, 5.41) is 44.7. The van der Waals surface area contributed by atoms with Crippen molar-refractivity contribution in [3.05, 3.63) is 327 Å². The highest BCUT2D eigenvalue weighted by molar-refractivity contribution is 7.27. The molecule has 6 nitrogen and oxygen atoms in total. The lowest BCUT2D eigenvalue weighted by Gasteiger charge is -2.27. The Balaban J connectivity index is 1.01. The molecule has 8 heteroatoms. The van der Waals surface area contributed by atoms with Gasteiger partial charge in [0.25, 0.3) is 0 Å². The number of rotatable bonds is 7. The van der Waals surface area contributed by atoms with Gasteiger partial charge in [-0.15, -0.1) is 22.7 Å². The SMILES string of the molecule is N#Cc1c(-n2c3ccccc3c3ccccc32)c(-n2c3cc(-c4cc5ccccc5c5ccccc45)ccc3c3ccc4c5ccccc5sc4c32)c(C#N)c(-n2c3ccccc3c3ccccc32)c1-n1c2cc(-c3ccccc3-c3ccccc3)ccc2c2ccc3c4ccccc4sc3c21. The van der Waals surface area contributed by atoms with Crippen LogP contribution in [0.3, 0.4) is 0 Å². The van der Waals surface area contributed by atoms with Crippen LogP contribution in [0.1, 0.15) is 11.1 Å². The molecule has 0 spiro atoms. The summed E-state index contributed by atoms with van der Waals surface area (Å²) in [5.41, 5.74) is 16.9. The largest absolute Gasteiger partial charge is 0.306 e. The third-order valence-corrected chi connectivity index (χ3v) is 24.0. The van der Waals surface area contributed by atoms with E-state index in [0.717, 1.165) is 172 Å². The Morgan fingerprint density at radius 3 is 1.05 bits per heavy atom. The Bertz CT molecular complexity index is 7430. The second kappa shape index (κ2) is 21.6. The normalized spacial score (nSPS) is 12.1. The molecule has 0 fully saturated rings. The summed E-state index contributed by atoms with van der Waals surface area (Å²) in [6.07, 6.45) is 0. The van der Waals surface area contributed by atoms with Crippen LogP contribution in [0, 0.1) is 22.7 Å². The summed E-state index contributed by atoms with van der Waals surface area (Å²) in [4.78, 5) is 0. The van der Waals surface area contributed by atoms with E-state index in [1.54, 1.807) is 22.7 Å². The molecule has 6 heterocycles. The Hall–Kier alpha value is -13.3. The van der Waals surface area contributed by atoms with E-state index < -0.39 is 0 Å². The molecule has 0 aliphatic carbocycles. The number of aromatic nitrogens is 4. The second-order valence-corrected chi connectivity index (χ2v) is 28.8. The van der Waals surface area contributed by atoms with E-state index in [1.807, 2.05) is 0 Å². The molecule has 22 aromatic rings. The fourth-order valence-electron chi connectivity index (χ4n) is 17.4. The average Bonchev–Trinajstić information content (AvgIpc) is 1.46. The van der Waals surface area contributed by atoms with Crippen LogP contribution in [0.5, 0.6) is 0 Å². The van der Waals surface area contributed by atoms with Crippen LogP contribution >= 0.6 is 22.7 Å². The minimum Gasteiger partial charge on any atom is -0.306 e. The Morgan fingerprint density at radius 1 is 0.225 bits per heavy atom. The highest BCUT2D eigenvalue weighted by Gasteiger charge is 2.36. The Kier molecular flexibility index (Phi) is 12.0. The van der Waals surface area contributed by atoms with Gasteiger partial charge in [-0.2, -0.15) is 10.5 Å². The quantitative estimate of drug-likeness (QED) is 0.149. The van der Waals surface area contributed by atoms with Gasteiger partial charge in [0.1, 0.15) is 23.3 Å². The van der Waals surface area contributed by atoms with Gasteiger partial charge in [-0.05, 0) is 110 Å². The van der Waals surface area contributed by atoms with Crippen LogP contribution in [-0.4, -0.2) is 18.3 Å². The van der Waals surface area contributed by atoms with E-state index in [4.69, 9.17) is 0 Å². The zero-order chi connectivity index (χ0) is 67.0. The average molecular weight is 1330 g/mol. The molecule has 102 heavy (non-hydrogen) atoms. The van der Waals surface area contributed by atoms with Gasteiger partial charge in [0.15, 0.2) is 0 Å². The van der Waals surface area contributed by atoms with Crippen molar-refractivity contribution in [2.24, 2.45) is 0 Å². The molecule has 0 bridgehead atoms. The van der Waals surface area contributed by atoms with Crippen molar-refractivity contribution in [3.8, 4) is 68.3 Å². The number of nitriles is 2. The minimum absolute atomic E-state index is 0.398. The fourth-order valence-corrected chi connectivity index (χ4v) is 19.8. The van der Waals surface area contributed by atoms with Gasteiger partial charge < -0.3 is 18.3 Å². The number of benzene rings is 16. The first-order valence-corrected chi connectivity index (χ1v) is 36.1. The molecule has 0 aliphatic rings. The summed E-state index contributed by atoms with van der Waals surface area (Å²) < 4.78 is 14.0. The molecule has 22 rings (SSSR count). The number of nitrogens with zero attached hydrogens (tertiary/aromatic N) is 6. The Morgan fingerprint density at radius 2 is 0.569 bits per heavy atom. The molecule has 470 valence electrons. The van der Waals surface area contributed by atoms with Crippen LogP contribution in [0.15, 0.2) is 315 Å². The molecule has 6 aromatic heterocycles. The smallest absolute Gasteiger partial charge is 0.104 e. The van der Waals surface area contributed by atoms with Gasteiger partial charge in [-0.3, -0.25) is 0 Å². The first-order chi connectivity index (χ1) is 50.6. The van der Waals surface area contributed by atoms with Crippen molar-refractivity contribution < 1.29 is 0 Å². The molecule has 0 amide bonds. The van der Waals surface area contributed by atoms with Crippen LogP contribution in [0.2, 0.25) is 0 Å². The zero-order valence-corrected chi connectivity index (χ0v) is 56.2. The number of thiophene rings is 2. The van der Waals surface area contributed by atoms with E-state index in [2.05, 4.69) is 346 Å². The van der Waals surface area contributed by atoms with E-state index in [0.29, 0.717) is 33.9 Å². The molecular formula is C94H52N6S2. The van der Waals surface area contributed by atoms with Crippen LogP contribution in [0.25, 0.3) is 205 Å². The molecular weight excluding hydrogens is 1280 g/mol. The van der Waals surface area contributed by atoms with Gasteiger partial charge in [0, 0.05) is 74.0 Å². The van der Waals surface area contributed by atoms with Gasteiger partial charge in [-0.25, -0.2) is 0 Å². The summed E-state index contributed by atoms with van der Waals surface area (Å²) in [7, 11) is 0. The number of hydrogen-bond donors (Lipinski definition) is 0. The van der Waals surface area contributed by atoms with Crippen molar-refractivity contribution in [1.82, 2.24) is 18.3 Å². The monoisotopic (exact) mass is 1330 g/mol. The van der Waals surface area contributed by atoms with Crippen molar-refractivity contribution in [2.75, 3.05) is 0 Å². The van der Waals surface area contributed by atoms with E-state index in [9.17, 15) is 10.5 Å². The topological polar surface area (TPSA) is 67.3 Å². The predicted molar refractivity (Wildman–Crippen MR) is 430 cm³/mol. The fraction of sp³-hybridized carbons (Fsp3) is 0. The van der Waals surface area contributed by atoms with Crippen molar-refractivity contribution in [3.63, 3.8) is 0 Å². The van der Waals surface area contributed by atoms with Crippen LogP contribution < -0.4 is 0 Å². The Labute approximate surface area is 591 Å². The molecule has 0 radical (unpaired) electrons. The number of hydrogen-bond acceptors (Lipinski definition) is 4. The lowest BCUT2D eigenvalue weighted by Crippen LogP contribution is -2.16. The minimum atomic E-state index is 0.398. The number of fused-ring (bicyclic) bond motifs is 23. The van der Waals surface area contributed by atoms with E-state index >= 15 is 0 Å². The van der Waals surface area contributed by atoms with Gasteiger partial charge >= 0.3 is 0 Å².